The fourth-order valence-corrected chi connectivity index (χ4v) is 0.848. The molecule has 0 saturated carbocycles. The van der Waals surface area contributed by atoms with Crippen LogP contribution in [-0.2, 0) is 0 Å². The van der Waals surface area contributed by atoms with Crippen molar-refractivity contribution >= 4 is 0 Å². The Balaban J connectivity index is 3.43. The summed E-state index contributed by atoms with van der Waals surface area (Å²) < 4.78 is 0. The quantitative estimate of drug-likeness (QED) is 0.629. The molecular weight excluding hydrogens is 136 g/mol. The van der Waals surface area contributed by atoms with Crippen LogP contribution in [0.15, 0.2) is 0 Å². The van der Waals surface area contributed by atoms with E-state index in [1.54, 1.807) is 0 Å². The summed E-state index contributed by atoms with van der Waals surface area (Å²) >= 11 is 0. The summed E-state index contributed by atoms with van der Waals surface area (Å²) in [5.74, 6) is 0.738. The van der Waals surface area contributed by atoms with E-state index in [2.05, 4.69) is 38.3 Å². The van der Waals surface area contributed by atoms with Gasteiger partial charge in [-0.3, -0.25) is 0 Å². The van der Waals surface area contributed by atoms with Gasteiger partial charge in [-0.1, -0.05) is 13.8 Å². The zero-order valence-corrected chi connectivity index (χ0v) is 8.44. The minimum absolute atomic E-state index is 0.550. The Bertz CT molecular complexity index is 91.6. The van der Waals surface area contributed by atoms with Crippen LogP contribution in [0, 0.1) is 5.92 Å². The third-order valence-electron chi connectivity index (χ3n) is 2.05. The van der Waals surface area contributed by atoms with Crippen LogP contribution in [0.4, 0.5) is 0 Å². The molecule has 2 N–H and O–H groups in total. The Labute approximate surface area is 70.8 Å². The summed E-state index contributed by atoms with van der Waals surface area (Å²) in [5, 5.41) is 6.70. The predicted molar refractivity (Wildman–Crippen MR) is 50.8 cm³/mol. The van der Waals surface area contributed by atoms with E-state index in [4.69, 9.17) is 0 Å². The van der Waals surface area contributed by atoms with E-state index in [-0.39, 0.29) is 0 Å². The molecule has 11 heavy (non-hydrogen) atoms. The molecule has 0 spiro atoms. The van der Waals surface area contributed by atoms with E-state index in [9.17, 15) is 0 Å². The van der Waals surface area contributed by atoms with E-state index in [0.29, 0.717) is 12.1 Å². The smallest absolute Gasteiger partial charge is 0.0190 e. The van der Waals surface area contributed by atoms with Gasteiger partial charge in [0.05, 0.1) is 0 Å². The van der Waals surface area contributed by atoms with Gasteiger partial charge in [0.1, 0.15) is 0 Å². The molecule has 0 heterocycles. The van der Waals surface area contributed by atoms with Crippen molar-refractivity contribution in [3.05, 3.63) is 0 Å². The van der Waals surface area contributed by atoms with E-state index in [0.717, 1.165) is 12.5 Å². The number of rotatable bonds is 5. The molecule has 2 atom stereocenters. The first-order valence-electron chi connectivity index (χ1n) is 4.48. The second kappa shape index (κ2) is 5.56. The fourth-order valence-electron chi connectivity index (χ4n) is 0.848. The van der Waals surface area contributed by atoms with E-state index in [1.165, 1.54) is 0 Å². The molecule has 0 bridgehead atoms. The summed E-state index contributed by atoms with van der Waals surface area (Å²) in [6, 6.07) is 1.11. The highest BCUT2D eigenvalue weighted by molar-refractivity contribution is 4.72. The Morgan fingerprint density at radius 2 is 1.55 bits per heavy atom. The highest BCUT2D eigenvalue weighted by Crippen LogP contribution is 1.93. The van der Waals surface area contributed by atoms with Gasteiger partial charge < -0.3 is 10.6 Å². The zero-order chi connectivity index (χ0) is 8.85. The first-order chi connectivity index (χ1) is 5.07. The summed E-state index contributed by atoms with van der Waals surface area (Å²) in [7, 11) is 2.00. The lowest BCUT2D eigenvalue weighted by atomic mass is 10.1. The van der Waals surface area contributed by atoms with Crippen LogP contribution in [0.1, 0.15) is 27.7 Å². The SMILES string of the molecule is CN[C@@H](C)[C@H](C)NCC(C)C. The molecule has 0 aromatic rings. The Hall–Kier alpha value is -0.0800. The average molecular weight is 158 g/mol. The topological polar surface area (TPSA) is 24.1 Å². The van der Waals surface area contributed by atoms with Crippen molar-refractivity contribution in [2.75, 3.05) is 13.6 Å². The summed E-state index contributed by atoms with van der Waals surface area (Å²) in [4.78, 5) is 0. The monoisotopic (exact) mass is 158 g/mol. The molecule has 0 aliphatic carbocycles. The number of hydrogen-bond donors (Lipinski definition) is 2. The third-order valence-corrected chi connectivity index (χ3v) is 2.05. The summed E-state index contributed by atoms with van der Waals surface area (Å²) in [6.07, 6.45) is 0. The van der Waals surface area contributed by atoms with E-state index < -0.39 is 0 Å². The number of hydrogen-bond acceptors (Lipinski definition) is 2. The fraction of sp³-hybridized carbons (Fsp3) is 1.00. The van der Waals surface area contributed by atoms with Gasteiger partial charge in [0.15, 0.2) is 0 Å². The van der Waals surface area contributed by atoms with Gasteiger partial charge in [-0.25, -0.2) is 0 Å². The Morgan fingerprint density at radius 1 is 1.00 bits per heavy atom. The van der Waals surface area contributed by atoms with Crippen LogP contribution in [0.5, 0.6) is 0 Å². The van der Waals surface area contributed by atoms with Crippen molar-refractivity contribution in [1.29, 1.82) is 0 Å². The minimum Gasteiger partial charge on any atom is -0.316 e. The van der Waals surface area contributed by atoms with Gasteiger partial charge in [0.2, 0.25) is 0 Å². The maximum atomic E-state index is 3.47. The first kappa shape index (κ1) is 10.9. The Morgan fingerprint density at radius 3 is 1.91 bits per heavy atom. The maximum Gasteiger partial charge on any atom is 0.0190 e. The molecule has 0 fully saturated rings. The molecule has 2 heteroatoms. The van der Waals surface area contributed by atoms with Gasteiger partial charge in [0, 0.05) is 12.1 Å². The highest BCUT2D eigenvalue weighted by atomic mass is 15.0. The maximum absolute atomic E-state index is 3.47. The summed E-state index contributed by atoms with van der Waals surface area (Å²) in [5.41, 5.74) is 0. The molecular formula is C9H22N2. The molecule has 68 valence electrons. The van der Waals surface area contributed by atoms with Crippen molar-refractivity contribution in [2.45, 2.75) is 39.8 Å². The molecule has 0 aliphatic heterocycles. The lowest BCUT2D eigenvalue weighted by Crippen LogP contribution is -2.43. The number of nitrogens with one attached hydrogen (secondary N) is 2. The van der Waals surface area contributed by atoms with Gasteiger partial charge in [-0.15, -0.1) is 0 Å². The van der Waals surface area contributed by atoms with Gasteiger partial charge in [-0.2, -0.15) is 0 Å². The van der Waals surface area contributed by atoms with Crippen molar-refractivity contribution in [2.24, 2.45) is 5.92 Å². The van der Waals surface area contributed by atoms with E-state index >= 15 is 0 Å². The first-order valence-corrected chi connectivity index (χ1v) is 4.48. The molecule has 0 aromatic heterocycles. The van der Waals surface area contributed by atoms with Crippen molar-refractivity contribution in [3.8, 4) is 0 Å². The second-order valence-corrected chi connectivity index (χ2v) is 3.67. The van der Waals surface area contributed by atoms with Crippen LogP contribution in [0.25, 0.3) is 0 Å². The van der Waals surface area contributed by atoms with Crippen LogP contribution < -0.4 is 10.6 Å². The van der Waals surface area contributed by atoms with E-state index in [1.807, 2.05) is 7.05 Å². The standard InChI is InChI=1S/C9H22N2/c1-7(2)6-11-9(4)8(3)10-5/h7-11H,6H2,1-5H3/t8-,9-/m0/s1. The van der Waals surface area contributed by atoms with Crippen molar-refractivity contribution < 1.29 is 0 Å². The predicted octanol–water partition coefficient (Wildman–Crippen LogP) is 1.23. The van der Waals surface area contributed by atoms with Crippen molar-refractivity contribution in [1.82, 2.24) is 10.6 Å². The zero-order valence-electron chi connectivity index (χ0n) is 8.44. The third kappa shape index (κ3) is 5.22. The van der Waals surface area contributed by atoms with Gasteiger partial charge in [0.25, 0.3) is 0 Å². The van der Waals surface area contributed by atoms with Gasteiger partial charge in [-0.05, 0) is 33.4 Å². The molecule has 0 amide bonds. The molecule has 0 saturated heterocycles. The lowest BCUT2D eigenvalue weighted by molar-refractivity contribution is 0.407. The molecule has 0 rings (SSSR count). The molecule has 0 aliphatic rings. The molecule has 0 unspecified atom stereocenters. The van der Waals surface area contributed by atoms with Crippen molar-refractivity contribution in [3.63, 3.8) is 0 Å². The second-order valence-electron chi connectivity index (χ2n) is 3.67. The Kier molecular flexibility index (Phi) is 5.51. The minimum atomic E-state index is 0.550. The molecule has 0 aromatic carbocycles. The normalized spacial score (nSPS) is 16.9. The summed E-state index contributed by atoms with van der Waals surface area (Å²) in [6.45, 7) is 9.96. The number of likely N-dealkylation sites (N-methyl/N-ethyl adjacent to an activating group) is 1. The average Bonchev–Trinajstić information content (AvgIpc) is 1.98. The largest absolute Gasteiger partial charge is 0.316 e. The highest BCUT2D eigenvalue weighted by Gasteiger charge is 2.08. The van der Waals surface area contributed by atoms with Gasteiger partial charge >= 0.3 is 0 Å². The van der Waals surface area contributed by atoms with Crippen LogP contribution in [0.2, 0.25) is 0 Å². The van der Waals surface area contributed by atoms with Crippen LogP contribution in [0.3, 0.4) is 0 Å². The molecule has 0 radical (unpaired) electrons. The van der Waals surface area contributed by atoms with Crippen LogP contribution >= 0.6 is 0 Å². The lowest BCUT2D eigenvalue weighted by Gasteiger charge is -2.21. The van der Waals surface area contributed by atoms with Crippen LogP contribution in [-0.4, -0.2) is 25.7 Å². The molecule has 2 nitrogen and oxygen atoms in total.